The average molecular weight is 429 g/mol. The standard InChI is InChI=1S/C20H20N4OS3/c1-14-11-12-24(16-9-5-6-10-17(16)27-14)18(25)13-26-20-23-22-19(28-20)21-15-7-3-2-4-8-15/h2-10,14H,11-13H2,1H3,(H,21,22). The van der Waals surface area contributed by atoms with E-state index in [1.807, 2.05) is 65.2 Å². The fraction of sp³-hybridized carbons (Fsp3) is 0.250. The van der Waals surface area contributed by atoms with E-state index in [0.717, 1.165) is 33.8 Å². The van der Waals surface area contributed by atoms with Crippen molar-refractivity contribution < 1.29 is 4.79 Å². The number of para-hydroxylation sites is 2. The molecular formula is C20H20N4OS3. The van der Waals surface area contributed by atoms with Crippen molar-refractivity contribution in [2.45, 2.75) is 27.8 Å². The van der Waals surface area contributed by atoms with Gasteiger partial charge in [0.25, 0.3) is 0 Å². The maximum absolute atomic E-state index is 12.9. The molecule has 8 heteroatoms. The van der Waals surface area contributed by atoms with Crippen molar-refractivity contribution in [2.75, 3.05) is 22.5 Å². The highest BCUT2D eigenvalue weighted by molar-refractivity contribution is 8.01. The number of rotatable bonds is 5. The molecule has 1 aliphatic rings. The molecule has 28 heavy (non-hydrogen) atoms. The molecule has 1 atom stereocenters. The van der Waals surface area contributed by atoms with Gasteiger partial charge in [-0.1, -0.05) is 60.4 Å². The Kier molecular flexibility index (Phi) is 6.19. The van der Waals surface area contributed by atoms with Gasteiger partial charge in [-0.15, -0.1) is 22.0 Å². The Bertz CT molecular complexity index is 947. The number of carbonyl (C=O) groups is 1. The number of anilines is 3. The second kappa shape index (κ2) is 8.98. The third-order valence-corrected chi connectivity index (χ3v) is 7.49. The van der Waals surface area contributed by atoms with Gasteiger partial charge in [0.05, 0.1) is 11.4 Å². The third kappa shape index (κ3) is 4.68. The molecule has 1 unspecified atom stereocenters. The molecule has 0 radical (unpaired) electrons. The van der Waals surface area contributed by atoms with E-state index < -0.39 is 0 Å². The molecule has 0 saturated carbocycles. The number of carbonyl (C=O) groups excluding carboxylic acids is 1. The second-order valence-electron chi connectivity index (χ2n) is 6.38. The molecule has 0 spiro atoms. The second-order valence-corrected chi connectivity index (χ2v) is 10.1. The van der Waals surface area contributed by atoms with Crippen molar-refractivity contribution >= 4 is 57.3 Å². The van der Waals surface area contributed by atoms with Gasteiger partial charge in [0, 0.05) is 22.4 Å². The molecule has 4 rings (SSSR count). The average Bonchev–Trinajstić information content (AvgIpc) is 3.08. The van der Waals surface area contributed by atoms with Gasteiger partial charge in [0.2, 0.25) is 11.0 Å². The summed E-state index contributed by atoms with van der Waals surface area (Å²) in [5.41, 5.74) is 1.99. The normalized spacial score (nSPS) is 16.3. The molecule has 1 N–H and O–H groups in total. The fourth-order valence-corrected chi connectivity index (χ4v) is 5.67. The first-order valence-corrected chi connectivity index (χ1v) is 11.7. The van der Waals surface area contributed by atoms with Crippen LogP contribution in [0.15, 0.2) is 63.8 Å². The summed E-state index contributed by atoms with van der Waals surface area (Å²) >= 11 is 4.75. The maximum atomic E-state index is 12.9. The zero-order chi connectivity index (χ0) is 19.3. The van der Waals surface area contributed by atoms with Crippen LogP contribution in [0.5, 0.6) is 0 Å². The first kappa shape index (κ1) is 19.3. The fourth-order valence-electron chi connectivity index (χ4n) is 2.91. The predicted molar refractivity (Wildman–Crippen MR) is 119 cm³/mol. The van der Waals surface area contributed by atoms with Crippen LogP contribution in [0.1, 0.15) is 13.3 Å². The van der Waals surface area contributed by atoms with Crippen LogP contribution in [-0.4, -0.2) is 33.7 Å². The molecule has 0 fully saturated rings. The molecule has 1 aliphatic heterocycles. The van der Waals surface area contributed by atoms with E-state index in [9.17, 15) is 4.79 Å². The van der Waals surface area contributed by atoms with Crippen LogP contribution in [0.4, 0.5) is 16.5 Å². The van der Waals surface area contributed by atoms with E-state index in [1.165, 1.54) is 28.0 Å². The summed E-state index contributed by atoms with van der Waals surface area (Å²) in [6.45, 7) is 2.97. The smallest absolute Gasteiger partial charge is 0.237 e. The quantitative estimate of drug-likeness (QED) is 0.557. The van der Waals surface area contributed by atoms with Gasteiger partial charge in [-0.3, -0.25) is 4.79 Å². The number of aromatic nitrogens is 2. The predicted octanol–water partition coefficient (Wildman–Crippen LogP) is 5.29. The maximum Gasteiger partial charge on any atom is 0.237 e. The Morgan fingerprint density at radius 1 is 1.18 bits per heavy atom. The van der Waals surface area contributed by atoms with Crippen molar-refractivity contribution in [2.24, 2.45) is 0 Å². The highest BCUT2D eigenvalue weighted by Crippen LogP contribution is 2.38. The van der Waals surface area contributed by atoms with Crippen LogP contribution in [-0.2, 0) is 4.79 Å². The minimum absolute atomic E-state index is 0.111. The number of nitrogens with one attached hydrogen (secondary N) is 1. The van der Waals surface area contributed by atoms with E-state index >= 15 is 0 Å². The molecule has 1 amide bonds. The van der Waals surface area contributed by atoms with Crippen molar-refractivity contribution in [3.8, 4) is 0 Å². The van der Waals surface area contributed by atoms with Crippen LogP contribution in [0.2, 0.25) is 0 Å². The van der Waals surface area contributed by atoms with Gasteiger partial charge in [0.1, 0.15) is 0 Å². The number of amides is 1. The molecule has 2 heterocycles. The monoisotopic (exact) mass is 428 g/mol. The highest BCUT2D eigenvalue weighted by Gasteiger charge is 2.24. The Labute approximate surface area is 176 Å². The summed E-state index contributed by atoms with van der Waals surface area (Å²) in [4.78, 5) is 16.0. The number of hydrogen-bond donors (Lipinski definition) is 1. The van der Waals surface area contributed by atoms with E-state index in [4.69, 9.17) is 0 Å². The summed E-state index contributed by atoms with van der Waals surface area (Å²) in [6.07, 6.45) is 0.986. The lowest BCUT2D eigenvalue weighted by atomic mass is 10.2. The molecule has 2 aromatic carbocycles. The summed E-state index contributed by atoms with van der Waals surface area (Å²) in [7, 11) is 0. The molecule has 1 aromatic heterocycles. The third-order valence-electron chi connectivity index (χ3n) is 4.30. The number of thioether (sulfide) groups is 2. The molecule has 144 valence electrons. The number of benzene rings is 2. The summed E-state index contributed by atoms with van der Waals surface area (Å²) in [5, 5.41) is 12.8. The van der Waals surface area contributed by atoms with Gasteiger partial charge in [-0.05, 0) is 30.7 Å². The molecular weight excluding hydrogens is 408 g/mol. The van der Waals surface area contributed by atoms with Crippen molar-refractivity contribution in [1.82, 2.24) is 10.2 Å². The first-order chi connectivity index (χ1) is 13.7. The molecule has 0 aliphatic carbocycles. The van der Waals surface area contributed by atoms with Gasteiger partial charge >= 0.3 is 0 Å². The summed E-state index contributed by atoms with van der Waals surface area (Å²) < 4.78 is 0.789. The molecule has 3 aromatic rings. The minimum atomic E-state index is 0.111. The van der Waals surface area contributed by atoms with Crippen LogP contribution in [0.25, 0.3) is 0 Å². The van der Waals surface area contributed by atoms with E-state index in [1.54, 1.807) is 0 Å². The van der Waals surface area contributed by atoms with Crippen molar-refractivity contribution in [1.29, 1.82) is 0 Å². The van der Waals surface area contributed by atoms with Crippen molar-refractivity contribution in [3.63, 3.8) is 0 Å². The number of fused-ring (bicyclic) bond motifs is 1. The lowest BCUT2D eigenvalue weighted by Gasteiger charge is -2.22. The number of hydrogen-bond acceptors (Lipinski definition) is 7. The zero-order valence-electron chi connectivity index (χ0n) is 15.4. The van der Waals surface area contributed by atoms with Gasteiger partial charge in [-0.25, -0.2) is 0 Å². The SMILES string of the molecule is CC1CCN(C(=O)CSc2nnc(Nc3ccccc3)s2)c2ccccc2S1. The van der Waals surface area contributed by atoms with Crippen LogP contribution >= 0.6 is 34.9 Å². The van der Waals surface area contributed by atoms with Crippen LogP contribution < -0.4 is 10.2 Å². The molecule has 5 nitrogen and oxygen atoms in total. The Morgan fingerprint density at radius 2 is 1.96 bits per heavy atom. The molecule has 0 bridgehead atoms. The van der Waals surface area contributed by atoms with Gasteiger partial charge in [-0.2, -0.15) is 0 Å². The highest BCUT2D eigenvalue weighted by atomic mass is 32.2. The molecule has 0 saturated heterocycles. The number of nitrogens with zero attached hydrogens (tertiary/aromatic N) is 3. The van der Waals surface area contributed by atoms with E-state index in [2.05, 4.69) is 28.5 Å². The van der Waals surface area contributed by atoms with Crippen molar-refractivity contribution in [3.05, 3.63) is 54.6 Å². The van der Waals surface area contributed by atoms with Gasteiger partial charge in [0.15, 0.2) is 4.34 Å². The first-order valence-electron chi connectivity index (χ1n) is 9.03. The lowest BCUT2D eigenvalue weighted by molar-refractivity contribution is -0.116. The Morgan fingerprint density at radius 3 is 2.82 bits per heavy atom. The largest absolute Gasteiger partial charge is 0.330 e. The van der Waals surface area contributed by atoms with Gasteiger partial charge < -0.3 is 10.2 Å². The topological polar surface area (TPSA) is 58.1 Å². The summed E-state index contributed by atoms with van der Waals surface area (Å²) in [6, 6.07) is 18.0. The van der Waals surface area contributed by atoms with E-state index in [0.29, 0.717) is 11.0 Å². The Hall–Kier alpha value is -2.03. The minimum Gasteiger partial charge on any atom is -0.330 e. The lowest BCUT2D eigenvalue weighted by Crippen LogP contribution is -2.33. The Balaban J connectivity index is 1.39. The van der Waals surface area contributed by atoms with Crippen LogP contribution in [0.3, 0.4) is 0 Å². The van der Waals surface area contributed by atoms with Crippen LogP contribution in [0, 0.1) is 0 Å². The van der Waals surface area contributed by atoms with E-state index in [-0.39, 0.29) is 5.91 Å². The summed E-state index contributed by atoms with van der Waals surface area (Å²) in [5.74, 6) is 0.466. The zero-order valence-corrected chi connectivity index (χ0v) is 17.8.